The molecule has 7 heteroatoms. The molecule has 3 unspecified atom stereocenters. The summed E-state index contributed by atoms with van der Waals surface area (Å²) in [6, 6.07) is 8.05. The number of carbonyl (C=O) groups is 2. The maximum Gasteiger partial charge on any atom is 0.326 e. The minimum Gasteiger partial charge on any atom is -0.323 e. The Kier molecular flexibility index (Phi) is 4.82. The third-order valence-electron chi connectivity index (χ3n) is 7.01. The minimum absolute atomic E-state index is 0.0168. The number of thiazole rings is 1. The van der Waals surface area contributed by atoms with E-state index in [9.17, 15) is 9.59 Å². The third kappa shape index (κ3) is 3.24. The predicted octanol–water partition coefficient (Wildman–Crippen LogP) is 3.93. The Morgan fingerprint density at radius 3 is 2.90 bits per heavy atom. The highest BCUT2D eigenvalue weighted by Crippen LogP contribution is 2.39. The number of imide groups is 1. The minimum atomic E-state index is -0.669. The fourth-order valence-electron chi connectivity index (χ4n) is 5.27. The van der Waals surface area contributed by atoms with Gasteiger partial charge in [0.25, 0.3) is 5.91 Å². The van der Waals surface area contributed by atoms with E-state index in [1.807, 2.05) is 6.07 Å². The summed E-state index contributed by atoms with van der Waals surface area (Å²) < 4.78 is 1.22. The number of rotatable bonds is 3. The number of nitrogens with zero attached hydrogens (tertiary/aromatic N) is 3. The van der Waals surface area contributed by atoms with Gasteiger partial charge in [-0.3, -0.25) is 9.69 Å². The van der Waals surface area contributed by atoms with Crippen LogP contribution in [0.1, 0.15) is 56.4 Å². The number of fused-ring (bicyclic) bond motifs is 1. The standard InChI is InChI=1S/C22H28N4O2S/c1-15-7-4-5-11-22(15)20(27)26(21(28)24-22)14-25-12-6-8-16(13-25)19-23-17-9-2-3-10-18(17)29-19/h2-3,9-10,15-16H,4-8,11-14H2,1H3,(H,24,28). The van der Waals surface area contributed by atoms with Crippen molar-refractivity contribution in [1.82, 2.24) is 20.1 Å². The first-order valence-electron chi connectivity index (χ1n) is 10.8. The molecule has 2 aromatic rings. The van der Waals surface area contributed by atoms with Crippen LogP contribution in [-0.2, 0) is 4.79 Å². The monoisotopic (exact) mass is 412 g/mol. The number of hydrogen-bond acceptors (Lipinski definition) is 5. The zero-order valence-electron chi connectivity index (χ0n) is 16.9. The molecule has 1 aromatic carbocycles. The van der Waals surface area contributed by atoms with Crippen molar-refractivity contribution in [3.63, 3.8) is 0 Å². The van der Waals surface area contributed by atoms with E-state index >= 15 is 0 Å². The van der Waals surface area contributed by atoms with E-state index < -0.39 is 5.54 Å². The van der Waals surface area contributed by atoms with Gasteiger partial charge in [0.15, 0.2) is 0 Å². The van der Waals surface area contributed by atoms with Gasteiger partial charge in [0.2, 0.25) is 0 Å². The molecule has 3 fully saturated rings. The van der Waals surface area contributed by atoms with Crippen LogP contribution in [0.25, 0.3) is 10.2 Å². The highest BCUT2D eigenvalue weighted by Gasteiger charge is 2.55. The van der Waals surface area contributed by atoms with E-state index in [0.29, 0.717) is 12.6 Å². The highest BCUT2D eigenvalue weighted by molar-refractivity contribution is 7.18. The second-order valence-electron chi connectivity index (χ2n) is 8.86. The van der Waals surface area contributed by atoms with Crippen LogP contribution >= 0.6 is 11.3 Å². The highest BCUT2D eigenvalue weighted by atomic mass is 32.1. The zero-order chi connectivity index (χ0) is 20.0. The second-order valence-corrected chi connectivity index (χ2v) is 9.92. The molecule has 3 aliphatic rings. The van der Waals surface area contributed by atoms with E-state index in [1.165, 1.54) is 14.6 Å². The van der Waals surface area contributed by atoms with Crippen LogP contribution in [0.3, 0.4) is 0 Å². The normalized spacial score (nSPS) is 31.0. The lowest BCUT2D eigenvalue weighted by molar-refractivity contribution is -0.135. The molecule has 154 valence electrons. The number of aromatic nitrogens is 1. The summed E-state index contributed by atoms with van der Waals surface area (Å²) in [5, 5.41) is 4.24. The summed E-state index contributed by atoms with van der Waals surface area (Å²) in [5.74, 6) is 0.552. The first-order valence-corrected chi connectivity index (χ1v) is 11.6. The molecule has 2 saturated heterocycles. The number of para-hydroxylation sites is 1. The quantitative estimate of drug-likeness (QED) is 0.776. The lowest BCUT2D eigenvalue weighted by Gasteiger charge is -2.37. The van der Waals surface area contributed by atoms with E-state index in [4.69, 9.17) is 4.98 Å². The summed E-state index contributed by atoms with van der Waals surface area (Å²) in [6.45, 7) is 4.26. The van der Waals surface area contributed by atoms with Crippen molar-refractivity contribution >= 4 is 33.5 Å². The Morgan fingerprint density at radius 1 is 1.21 bits per heavy atom. The molecule has 29 heavy (non-hydrogen) atoms. The van der Waals surface area contributed by atoms with Crippen LogP contribution in [0, 0.1) is 5.92 Å². The summed E-state index contributed by atoms with van der Waals surface area (Å²) in [4.78, 5) is 34.5. The summed E-state index contributed by atoms with van der Waals surface area (Å²) >= 11 is 1.77. The molecule has 1 aliphatic carbocycles. The first kappa shape index (κ1) is 19.0. The lowest BCUT2D eigenvalue weighted by Crippen LogP contribution is -2.54. The smallest absolute Gasteiger partial charge is 0.323 e. The van der Waals surface area contributed by atoms with Gasteiger partial charge in [0.1, 0.15) is 5.54 Å². The summed E-state index contributed by atoms with van der Waals surface area (Å²) in [6.07, 6.45) is 6.09. The predicted molar refractivity (Wildman–Crippen MR) is 114 cm³/mol. The zero-order valence-corrected chi connectivity index (χ0v) is 17.7. The molecule has 2 aliphatic heterocycles. The van der Waals surface area contributed by atoms with Gasteiger partial charge < -0.3 is 5.32 Å². The van der Waals surface area contributed by atoms with Gasteiger partial charge in [0.05, 0.1) is 21.9 Å². The van der Waals surface area contributed by atoms with Crippen LogP contribution in [0.15, 0.2) is 24.3 Å². The van der Waals surface area contributed by atoms with Crippen LogP contribution in [0.2, 0.25) is 0 Å². The van der Waals surface area contributed by atoms with Gasteiger partial charge in [-0.1, -0.05) is 31.9 Å². The topological polar surface area (TPSA) is 65.5 Å². The molecule has 3 amide bonds. The summed E-state index contributed by atoms with van der Waals surface area (Å²) in [7, 11) is 0. The molecule has 1 spiro atoms. The summed E-state index contributed by atoms with van der Waals surface area (Å²) in [5.41, 5.74) is 0.393. The van der Waals surface area contributed by atoms with Crippen molar-refractivity contribution < 1.29 is 9.59 Å². The maximum atomic E-state index is 13.3. The van der Waals surface area contributed by atoms with E-state index in [2.05, 4.69) is 35.3 Å². The number of piperidine rings is 1. The number of urea groups is 1. The molecular formula is C22H28N4O2S. The Labute approximate surface area is 175 Å². The van der Waals surface area contributed by atoms with Crippen molar-refractivity contribution in [1.29, 1.82) is 0 Å². The molecular weight excluding hydrogens is 384 g/mol. The number of carbonyl (C=O) groups excluding carboxylic acids is 2. The number of amides is 3. The van der Waals surface area contributed by atoms with Crippen molar-refractivity contribution in [2.45, 2.75) is 56.9 Å². The van der Waals surface area contributed by atoms with E-state index in [1.54, 1.807) is 11.3 Å². The van der Waals surface area contributed by atoms with Crippen LogP contribution < -0.4 is 5.32 Å². The average molecular weight is 413 g/mol. The van der Waals surface area contributed by atoms with Gasteiger partial charge in [-0.25, -0.2) is 14.7 Å². The Balaban J connectivity index is 1.30. The van der Waals surface area contributed by atoms with E-state index in [-0.39, 0.29) is 17.9 Å². The Morgan fingerprint density at radius 2 is 2.07 bits per heavy atom. The number of likely N-dealkylation sites (tertiary alicyclic amines) is 1. The molecule has 0 bridgehead atoms. The molecule has 1 N–H and O–H groups in total. The maximum absolute atomic E-state index is 13.3. The van der Waals surface area contributed by atoms with E-state index in [0.717, 1.165) is 57.1 Å². The average Bonchev–Trinajstić information content (AvgIpc) is 3.26. The van der Waals surface area contributed by atoms with Crippen molar-refractivity contribution in [2.75, 3.05) is 19.8 Å². The lowest BCUT2D eigenvalue weighted by atomic mass is 9.73. The van der Waals surface area contributed by atoms with Gasteiger partial charge in [0, 0.05) is 12.5 Å². The number of benzene rings is 1. The third-order valence-corrected chi connectivity index (χ3v) is 8.21. The van der Waals surface area contributed by atoms with Gasteiger partial charge in [-0.05, 0) is 50.3 Å². The van der Waals surface area contributed by atoms with Gasteiger partial charge in [-0.15, -0.1) is 11.3 Å². The van der Waals surface area contributed by atoms with Crippen LogP contribution in [0.5, 0.6) is 0 Å². The van der Waals surface area contributed by atoms with Crippen molar-refractivity contribution in [3.05, 3.63) is 29.3 Å². The molecule has 3 heterocycles. The molecule has 1 aromatic heterocycles. The van der Waals surface area contributed by atoms with Gasteiger partial charge >= 0.3 is 6.03 Å². The molecule has 3 atom stereocenters. The number of nitrogens with one attached hydrogen (secondary N) is 1. The molecule has 6 nitrogen and oxygen atoms in total. The molecule has 5 rings (SSSR count). The Hall–Kier alpha value is -1.99. The van der Waals surface area contributed by atoms with Crippen LogP contribution in [0.4, 0.5) is 4.79 Å². The largest absolute Gasteiger partial charge is 0.326 e. The SMILES string of the molecule is CC1CCCCC12NC(=O)N(CN1CCCC(c3nc4ccccc4s3)C1)C2=O. The van der Waals surface area contributed by atoms with Crippen LogP contribution in [-0.4, -0.2) is 52.0 Å². The Bertz CT molecular complexity index is 911. The van der Waals surface area contributed by atoms with Crippen molar-refractivity contribution in [2.24, 2.45) is 5.92 Å². The molecule has 0 radical (unpaired) electrons. The second kappa shape index (κ2) is 7.36. The molecule has 1 saturated carbocycles. The first-order chi connectivity index (χ1) is 14.1. The van der Waals surface area contributed by atoms with Gasteiger partial charge in [-0.2, -0.15) is 0 Å². The number of hydrogen-bond donors (Lipinski definition) is 1. The fraction of sp³-hybridized carbons (Fsp3) is 0.591. The van der Waals surface area contributed by atoms with Crippen molar-refractivity contribution in [3.8, 4) is 0 Å². The fourth-order valence-corrected chi connectivity index (χ4v) is 6.37.